The molecule has 1 saturated carbocycles. The van der Waals surface area contributed by atoms with E-state index in [1.54, 1.807) is 6.07 Å². The van der Waals surface area contributed by atoms with Crippen molar-refractivity contribution in [2.24, 2.45) is 0 Å². The second kappa shape index (κ2) is 9.70. The zero-order valence-electron chi connectivity index (χ0n) is 18.5. The lowest BCUT2D eigenvalue weighted by atomic mass is 9.95. The molecule has 178 valence electrons. The number of aryl methyl sites for hydroxylation is 1. The SMILES string of the molecule is COC(=O)c1c(NC(=O)CNc2cc(S(=O)(=O)NC3CC3)ccc2OC)sc2c1CCCC2. The van der Waals surface area contributed by atoms with Crippen molar-refractivity contribution in [2.75, 3.05) is 31.4 Å². The highest BCUT2D eigenvalue weighted by Crippen LogP contribution is 2.38. The van der Waals surface area contributed by atoms with Crippen molar-refractivity contribution in [3.05, 3.63) is 34.2 Å². The topological polar surface area (TPSA) is 123 Å². The Balaban J connectivity index is 1.48. The molecule has 1 amide bonds. The van der Waals surface area contributed by atoms with E-state index in [4.69, 9.17) is 9.47 Å². The molecule has 2 aromatic rings. The van der Waals surface area contributed by atoms with E-state index in [-0.39, 0.29) is 23.4 Å². The van der Waals surface area contributed by atoms with Gasteiger partial charge in [-0.3, -0.25) is 4.79 Å². The summed E-state index contributed by atoms with van der Waals surface area (Å²) in [4.78, 5) is 26.3. The van der Waals surface area contributed by atoms with Gasteiger partial charge in [0.2, 0.25) is 15.9 Å². The van der Waals surface area contributed by atoms with Gasteiger partial charge < -0.3 is 20.1 Å². The van der Waals surface area contributed by atoms with Gasteiger partial charge in [-0.2, -0.15) is 0 Å². The highest BCUT2D eigenvalue weighted by atomic mass is 32.2. The minimum absolute atomic E-state index is 0.0140. The molecular weight excluding hydrogens is 466 g/mol. The molecule has 1 aromatic heterocycles. The number of methoxy groups -OCH3 is 2. The van der Waals surface area contributed by atoms with E-state index in [9.17, 15) is 18.0 Å². The van der Waals surface area contributed by atoms with Crippen LogP contribution >= 0.6 is 11.3 Å². The number of nitrogens with one attached hydrogen (secondary N) is 3. The summed E-state index contributed by atoms with van der Waals surface area (Å²) in [5, 5.41) is 6.25. The third kappa shape index (κ3) is 5.31. The number of hydrogen-bond acceptors (Lipinski definition) is 8. The van der Waals surface area contributed by atoms with Crippen LogP contribution in [0.25, 0.3) is 0 Å². The van der Waals surface area contributed by atoms with Crippen LogP contribution in [-0.4, -0.2) is 47.1 Å². The van der Waals surface area contributed by atoms with E-state index in [0.29, 0.717) is 22.0 Å². The molecule has 11 heteroatoms. The number of sulfonamides is 1. The first kappa shape index (κ1) is 23.5. The Kier molecular flexibility index (Phi) is 6.91. The highest BCUT2D eigenvalue weighted by Gasteiger charge is 2.29. The minimum Gasteiger partial charge on any atom is -0.495 e. The van der Waals surface area contributed by atoms with Gasteiger partial charge in [0.05, 0.1) is 36.9 Å². The van der Waals surface area contributed by atoms with Gasteiger partial charge in [-0.05, 0) is 62.3 Å². The molecule has 0 bridgehead atoms. The monoisotopic (exact) mass is 493 g/mol. The van der Waals surface area contributed by atoms with Crippen molar-refractivity contribution in [1.82, 2.24) is 4.72 Å². The molecule has 9 nitrogen and oxygen atoms in total. The summed E-state index contributed by atoms with van der Waals surface area (Å²) in [6.45, 7) is -0.140. The highest BCUT2D eigenvalue weighted by molar-refractivity contribution is 7.89. The molecule has 0 unspecified atom stereocenters. The molecule has 3 N–H and O–H groups in total. The molecule has 1 heterocycles. The Morgan fingerprint density at radius 1 is 1.15 bits per heavy atom. The van der Waals surface area contributed by atoms with E-state index in [2.05, 4.69) is 15.4 Å². The van der Waals surface area contributed by atoms with Crippen LogP contribution in [0, 0.1) is 0 Å². The quantitative estimate of drug-likeness (QED) is 0.459. The van der Waals surface area contributed by atoms with Crippen LogP contribution < -0.4 is 20.1 Å². The van der Waals surface area contributed by atoms with Crippen LogP contribution in [-0.2, 0) is 32.4 Å². The van der Waals surface area contributed by atoms with Gasteiger partial charge in [0.1, 0.15) is 10.8 Å². The molecule has 1 fully saturated rings. The smallest absolute Gasteiger partial charge is 0.341 e. The molecule has 33 heavy (non-hydrogen) atoms. The van der Waals surface area contributed by atoms with E-state index in [1.807, 2.05) is 0 Å². The van der Waals surface area contributed by atoms with E-state index >= 15 is 0 Å². The molecular formula is C22H27N3O6S2. The van der Waals surface area contributed by atoms with Gasteiger partial charge in [0, 0.05) is 10.9 Å². The first-order valence-corrected chi connectivity index (χ1v) is 13.1. The number of carbonyl (C=O) groups excluding carboxylic acids is 2. The second-order valence-corrected chi connectivity index (χ2v) is 10.9. The third-order valence-electron chi connectivity index (χ3n) is 5.63. The van der Waals surface area contributed by atoms with Gasteiger partial charge in [0.15, 0.2) is 0 Å². The molecule has 0 radical (unpaired) electrons. The molecule has 4 rings (SSSR count). The predicted octanol–water partition coefficient (Wildman–Crippen LogP) is 2.91. The number of thiophene rings is 1. The standard InChI is InChI=1S/C22H27N3O6S2/c1-30-17-10-9-14(33(28,29)25-13-7-8-13)11-16(17)23-12-19(26)24-21-20(22(27)31-2)15-5-3-4-6-18(15)32-21/h9-11,13,23,25H,3-8,12H2,1-2H3,(H,24,26). The van der Waals surface area contributed by atoms with Crippen molar-refractivity contribution in [1.29, 1.82) is 0 Å². The van der Waals surface area contributed by atoms with Crippen molar-refractivity contribution in [2.45, 2.75) is 49.5 Å². The summed E-state index contributed by atoms with van der Waals surface area (Å²) < 4.78 is 38.0. The lowest BCUT2D eigenvalue weighted by Gasteiger charge is -2.14. The second-order valence-electron chi connectivity index (χ2n) is 8.07. The van der Waals surface area contributed by atoms with Crippen LogP contribution in [0.5, 0.6) is 5.75 Å². The van der Waals surface area contributed by atoms with Crippen LogP contribution in [0.4, 0.5) is 10.7 Å². The summed E-state index contributed by atoms with van der Waals surface area (Å²) in [6, 6.07) is 4.44. The number of fused-ring (bicyclic) bond motifs is 1. The number of carbonyl (C=O) groups is 2. The summed E-state index contributed by atoms with van der Waals surface area (Å²) in [7, 11) is -0.852. The van der Waals surface area contributed by atoms with Crippen LogP contribution in [0.1, 0.15) is 46.5 Å². The molecule has 0 saturated heterocycles. The average molecular weight is 494 g/mol. The number of hydrogen-bond donors (Lipinski definition) is 3. The molecule has 2 aliphatic rings. The fourth-order valence-corrected chi connectivity index (χ4v) is 6.42. The van der Waals surface area contributed by atoms with E-state index < -0.39 is 16.0 Å². The molecule has 0 atom stereocenters. The van der Waals surface area contributed by atoms with Gasteiger partial charge in [-0.1, -0.05) is 0 Å². The minimum atomic E-state index is -3.65. The Bertz CT molecular complexity index is 1170. The fraction of sp³-hybridized carbons (Fsp3) is 0.455. The first-order chi connectivity index (χ1) is 15.8. The number of rotatable bonds is 9. The van der Waals surface area contributed by atoms with Crippen molar-refractivity contribution in [3.63, 3.8) is 0 Å². The van der Waals surface area contributed by atoms with E-state index in [1.165, 1.54) is 37.7 Å². The zero-order chi connectivity index (χ0) is 23.6. The van der Waals surface area contributed by atoms with Gasteiger partial charge >= 0.3 is 5.97 Å². The maximum atomic E-state index is 12.7. The van der Waals surface area contributed by atoms with Crippen molar-refractivity contribution < 1.29 is 27.5 Å². The summed E-state index contributed by atoms with van der Waals surface area (Å²) in [5.74, 6) is -0.416. The molecule has 2 aliphatic carbocycles. The predicted molar refractivity (Wildman–Crippen MR) is 126 cm³/mol. The largest absolute Gasteiger partial charge is 0.495 e. The number of esters is 1. The summed E-state index contributed by atoms with van der Waals surface area (Å²) >= 11 is 1.41. The Morgan fingerprint density at radius 3 is 2.61 bits per heavy atom. The maximum Gasteiger partial charge on any atom is 0.341 e. The molecule has 0 aliphatic heterocycles. The fourth-order valence-electron chi connectivity index (χ4n) is 3.80. The summed E-state index contributed by atoms with van der Waals surface area (Å²) in [5.41, 5.74) is 1.77. The Hall–Kier alpha value is -2.63. The maximum absolute atomic E-state index is 12.7. The number of benzene rings is 1. The Labute approximate surface area is 196 Å². The lowest BCUT2D eigenvalue weighted by Crippen LogP contribution is -2.26. The zero-order valence-corrected chi connectivity index (χ0v) is 20.2. The first-order valence-electron chi connectivity index (χ1n) is 10.8. The Morgan fingerprint density at radius 2 is 1.91 bits per heavy atom. The van der Waals surface area contributed by atoms with Crippen molar-refractivity contribution in [3.8, 4) is 5.75 Å². The van der Waals surface area contributed by atoms with Gasteiger partial charge in [-0.15, -0.1) is 11.3 Å². The van der Waals surface area contributed by atoms with Crippen LogP contribution in [0.3, 0.4) is 0 Å². The van der Waals surface area contributed by atoms with Gasteiger partial charge in [-0.25, -0.2) is 17.9 Å². The number of amides is 1. The number of anilines is 2. The average Bonchev–Trinajstić information content (AvgIpc) is 3.53. The van der Waals surface area contributed by atoms with Crippen molar-refractivity contribution >= 4 is 43.9 Å². The number of ether oxygens (including phenoxy) is 2. The van der Waals surface area contributed by atoms with Gasteiger partial charge in [0.25, 0.3) is 0 Å². The van der Waals surface area contributed by atoms with Crippen LogP contribution in [0.2, 0.25) is 0 Å². The molecule has 1 aromatic carbocycles. The summed E-state index contributed by atoms with van der Waals surface area (Å²) in [6.07, 6.45) is 5.39. The van der Waals surface area contributed by atoms with Crippen LogP contribution in [0.15, 0.2) is 23.1 Å². The normalized spacial score (nSPS) is 15.5. The third-order valence-corrected chi connectivity index (χ3v) is 8.36. The molecule has 0 spiro atoms. The van der Waals surface area contributed by atoms with E-state index in [0.717, 1.165) is 49.0 Å². The lowest BCUT2D eigenvalue weighted by molar-refractivity contribution is -0.114.